The smallest absolute Gasteiger partial charge is 0.243 e. The van der Waals surface area contributed by atoms with Gasteiger partial charge in [-0.05, 0) is 55.2 Å². The minimum Gasteiger partial charge on any atom is -0.454 e. The van der Waals surface area contributed by atoms with E-state index in [1.165, 1.54) is 4.31 Å². The standard InChI is InChI=1S/C32H38ClN3O6S/c1-4-23(2)34-32(38)28(19-24-10-6-5-7-11-24)35(21-25-12-8-13-26(33)18-25)31(37)14-9-17-36(43(3,39)40)27-15-16-29-30(20-27)42-22-41-29/h5-8,10-13,15-16,18,20,23,28H,4,9,14,17,19,21-22H2,1-3H3,(H,34,38). The number of benzene rings is 3. The highest BCUT2D eigenvalue weighted by atomic mass is 35.5. The van der Waals surface area contributed by atoms with E-state index in [1.54, 1.807) is 41.3 Å². The van der Waals surface area contributed by atoms with Crippen LogP contribution in [0, 0.1) is 0 Å². The summed E-state index contributed by atoms with van der Waals surface area (Å²) in [5.41, 5.74) is 2.12. The molecule has 4 rings (SSSR count). The predicted octanol–water partition coefficient (Wildman–Crippen LogP) is 5.17. The lowest BCUT2D eigenvalue weighted by Gasteiger charge is -2.32. The molecule has 1 N–H and O–H groups in total. The van der Waals surface area contributed by atoms with E-state index in [-0.39, 0.29) is 50.6 Å². The lowest BCUT2D eigenvalue weighted by Crippen LogP contribution is -2.52. The van der Waals surface area contributed by atoms with Crippen LogP contribution in [0.25, 0.3) is 0 Å². The van der Waals surface area contributed by atoms with Crippen molar-refractivity contribution < 1.29 is 27.5 Å². The maximum Gasteiger partial charge on any atom is 0.243 e. The SMILES string of the molecule is CCC(C)NC(=O)C(Cc1ccccc1)N(Cc1cccc(Cl)c1)C(=O)CCCN(c1ccc2c(c1)OCO2)S(C)(=O)=O. The van der Waals surface area contributed by atoms with Crippen molar-refractivity contribution in [3.8, 4) is 11.5 Å². The van der Waals surface area contributed by atoms with Gasteiger partial charge in [0.15, 0.2) is 11.5 Å². The number of rotatable bonds is 14. The summed E-state index contributed by atoms with van der Waals surface area (Å²) in [5.74, 6) is 0.501. The Kier molecular flexibility index (Phi) is 10.9. The molecule has 0 aliphatic carbocycles. The number of carbonyl (C=O) groups is 2. The Hall–Kier alpha value is -3.76. The fraction of sp³-hybridized carbons (Fsp3) is 0.375. The molecule has 0 radical (unpaired) electrons. The Morgan fingerprint density at radius 2 is 1.70 bits per heavy atom. The summed E-state index contributed by atoms with van der Waals surface area (Å²) in [6.45, 7) is 4.22. The molecule has 9 nitrogen and oxygen atoms in total. The molecule has 1 heterocycles. The summed E-state index contributed by atoms with van der Waals surface area (Å²) in [7, 11) is -3.66. The summed E-state index contributed by atoms with van der Waals surface area (Å²) in [6.07, 6.45) is 2.45. The van der Waals surface area contributed by atoms with Crippen molar-refractivity contribution in [1.29, 1.82) is 0 Å². The zero-order valence-electron chi connectivity index (χ0n) is 24.7. The molecule has 3 aromatic rings. The van der Waals surface area contributed by atoms with Crippen molar-refractivity contribution in [1.82, 2.24) is 10.2 Å². The van der Waals surface area contributed by atoms with Crippen molar-refractivity contribution in [2.75, 3.05) is 23.9 Å². The second kappa shape index (κ2) is 14.6. The summed E-state index contributed by atoms with van der Waals surface area (Å²) in [6, 6.07) is 20.8. The van der Waals surface area contributed by atoms with Crippen LogP contribution < -0.4 is 19.1 Å². The van der Waals surface area contributed by atoms with Crippen LogP contribution in [-0.4, -0.2) is 56.8 Å². The molecule has 11 heteroatoms. The van der Waals surface area contributed by atoms with E-state index in [2.05, 4.69) is 5.32 Å². The first-order valence-corrected chi connectivity index (χ1v) is 16.5. The van der Waals surface area contributed by atoms with Gasteiger partial charge in [-0.15, -0.1) is 0 Å². The van der Waals surface area contributed by atoms with Gasteiger partial charge in [0, 0.05) is 43.1 Å². The zero-order chi connectivity index (χ0) is 31.0. The van der Waals surface area contributed by atoms with Gasteiger partial charge in [-0.25, -0.2) is 8.42 Å². The number of carbonyl (C=O) groups excluding carboxylic acids is 2. The molecule has 1 aliphatic rings. The molecule has 0 bridgehead atoms. The van der Waals surface area contributed by atoms with Gasteiger partial charge in [-0.2, -0.15) is 0 Å². The second-order valence-corrected chi connectivity index (χ2v) is 13.0. The molecule has 0 fully saturated rings. The van der Waals surface area contributed by atoms with Crippen LogP contribution in [0.15, 0.2) is 72.8 Å². The van der Waals surface area contributed by atoms with Gasteiger partial charge in [-0.1, -0.05) is 61.0 Å². The van der Waals surface area contributed by atoms with Gasteiger partial charge < -0.3 is 19.7 Å². The molecule has 2 atom stereocenters. The molecule has 2 unspecified atom stereocenters. The molecule has 0 aromatic heterocycles. The number of hydrogen-bond donors (Lipinski definition) is 1. The third kappa shape index (κ3) is 8.87. The van der Waals surface area contributed by atoms with Crippen LogP contribution in [0.3, 0.4) is 0 Å². The summed E-state index contributed by atoms with van der Waals surface area (Å²) >= 11 is 6.26. The summed E-state index contributed by atoms with van der Waals surface area (Å²) in [4.78, 5) is 29.2. The van der Waals surface area contributed by atoms with E-state index in [9.17, 15) is 18.0 Å². The first kappa shape index (κ1) is 32.2. The van der Waals surface area contributed by atoms with Crippen LogP contribution in [0.5, 0.6) is 11.5 Å². The minimum absolute atomic E-state index is 0.0268. The van der Waals surface area contributed by atoms with Gasteiger partial charge in [-0.3, -0.25) is 13.9 Å². The highest BCUT2D eigenvalue weighted by molar-refractivity contribution is 7.92. The number of hydrogen-bond acceptors (Lipinski definition) is 6. The Morgan fingerprint density at radius 3 is 2.40 bits per heavy atom. The normalized spacial score (nSPS) is 13.7. The number of fused-ring (bicyclic) bond motifs is 1. The predicted molar refractivity (Wildman–Crippen MR) is 168 cm³/mol. The van der Waals surface area contributed by atoms with Crippen LogP contribution in [-0.2, 0) is 32.6 Å². The zero-order valence-corrected chi connectivity index (χ0v) is 26.2. The molecule has 1 aliphatic heterocycles. The Balaban J connectivity index is 1.58. The molecular weight excluding hydrogens is 590 g/mol. The number of amides is 2. The molecule has 3 aromatic carbocycles. The number of nitrogens with one attached hydrogen (secondary N) is 1. The van der Waals surface area contributed by atoms with Crippen LogP contribution in [0.4, 0.5) is 5.69 Å². The van der Waals surface area contributed by atoms with Crippen molar-refractivity contribution in [3.05, 3.63) is 88.9 Å². The van der Waals surface area contributed by atoms with Gasteiger partial charge >= 0.3 is 0 Å². The number of sulfonamides is 1. The summed E-state index contributed by atoms with van der Waals surface area (Å²) < 4.78 is 37.5. The van der Waals surface area contributed by atoms with E-state index in [4.69, 9.17) is 21.1 Å². The highest BCUT2D eigenvalue weighted by Crippen LogP contribution is 2.36. The first-order valence-electron chi connectivity index (χ1n) is 14.3. The summed E-state index contributed by atoms with van der Waals surface area (Å²) in [5, 5.41) is 3.58. The maximum absolute atomic E-state index is 14.0. The first-order chi connectivity index (χ1) is 20.5. The minimum atomic E-state index is -3.66. The molecule has 0 saturated heterocycles. The maximum atomic E-state index is 14.0. The number of halogens is 1. The average Bonchev–Trinajstić information content (AvgIpc) is 3.45. The van der Waals surface area contributed by atoms with Gasteiger partial charge in [0.2, 0.25) is 28.6 Å². The third-order valence-electron chi connectivity index (χ3n) is 7.31. The number of ether oxygens (including phenoxy) is 2. The van der Waals surface area contributed by atoms with E-state index in [0.717, 1.165) is 23.8 Å². The van der Waals surface area contributed by atoms with Crippen molar-refractivity contribution in [3.63, 3.8) is 0 Å². The van der Waals surface area contributed by atoms with Gasteiger partial charge in [0.05, 0.1) is 11.9 Å². The van der Waals surface area contributed by atoms with Crippen LogP contribution >= 0.6 is 11.6 Å². The number of anilines is 1. The lowest BCUT2D eigenvalue weighted by molar-refractivity contribution is -0.141. The molecule has 0 spiro atoms. The fourth-order valence-electron chi connectivity index (χ4n) is 4.87. The van der Waals surface area contributed by atoms with Crippen LogP contribution in [0.1, 0.15) is 44.2 Å². The van der Waals surface area contributed by atoms with Gasteiger partial charge in [0.1, 0.15) is 6.04 Å². The molecule has 2 amide bonds. The molecule has 0 saturated carbocycles. The van der Waals surface area contributed by atoms with E-state index < -0.39 is 16.1 Å². The average molecular weight is 628 g/mol. The molecular formula is C32H38ClN3O6S. The topological polar surface area (TPSA) is 105 Å². The molecule has 43 heavy (non-hydrogen) atoms. The second-order valence-electron chi connectivity index (χ2n) is 10.7. The Morgan fingerprint density at radius 1 is 0.977 bits per heavy atom. The van der Waals surface area contributed by atoms with E-state index >= 15 is 0 Å². The largest absolute Gasteiger partial charge is 0.454 e. The Labute approximate surface area is 258 Å². The molecule has 230 valence electrons. The van der Waals surface area contributed by atoms with Crippen molar-refractivity contribution in [2.45, 2.75) is 58.2 Å². The number of nitrogens with zero attached hydrogens (tertiary/aromatic N) is 2. The monoisotopic (exact) mass is 627 g/mol. The lowest BCUT2D eigenvalue weighted by atomic mass is 10.0. The van der Waals surface area contributed by atoms with Crippen molar-refractivity contribution >= 4 is 39.1 Å². The quantitative estimate of drug-likeness (QED) is 0.264. The van der Waals surface area contributed by atoms with Crippen LogP contribution in [0.2, 0.25) is 5.02 Å². The van der Waals surface area contributed by atoms with Gasteiger partial charge in [0.25, 0.3) is 0 Å². The van der Waals surface area contributed by atoms with E-state index in [0.29, 0.717) is 28.6 Å². The van der Waals surface area contributed by atoms with E-state index in [1.807, 2.05) is 50.2 Å². The van der Waals surface area contributed by atoms with Crippen molar-refractivity contribution in [2.24, 2.45) is 0 Å². The third-order valence-corrected chi connectivity index (χ3v) is 8.74. The Bertz CT molecular complexity index is 1520. The highest BCUT2D eigenvalue weighted by Gasteiger charge is 2.31. The fourth-order valence-corrected chi connectivity index (χ4v) is 6.04.